The fourth-order valence-corrected chi connectivity index (χ4v) is 2.46. The molecule has 0 radical (unpaired) electrons. The molecule has 0 saturated carbocycles. The standard InChI is InChI=1S/C19H15FS/c1-13-2-4-15(5-3-13)18-11-8-16(12-19(18)20)14-6-9-17(21)10-7-14/h2-12,21H,1H3. The molecule has 0 nitrogen and oxygen atoms in total. The molecule has 0 amide bonds. The van der Waals surface area contributed by atoms with Gasteiger partial charge in [-0.05, 0) is 41.8 Å². The van der Waals surface area contributed by atoms with Gasteiger partial charge in [0.2, 0.25) is 0 Å². The van der Waals surface area contributed by atoms with Crippen LogP contribution in [0.4, 0.5) is 4.39 Å². The lowest BCUT2D eigenvalue weighted by Gasteiger charge is -2.07. The summed E-state index contributed by atoms with van der Waals surface area (Å²) in [6.45, 7) is 2.02. The van der Waals surface area contributed by atoms with Crippen LogP contribution in [0.25, 0.3) is 22.3 Å². The van der Waals surface area contributed by atoms with E-state index in [4.69, 9.17) is 0 Å². The molecule has 3 aromatic carbocycles. The number of aryl methyl sites for hydroxylation is 1. The molecule has 3 rings (SSSR count). The van der Waals surface area contributed by atoms with Crippen LogP contribution in [0.5, 0.6) is 0 Å². The lowest BCUT2D eigenvalue weighted by molar-refractivity contribution is 0.632. The van der Waals surface area contributed by atoms with E-state index in [0.29, 0.717) is 5.56 Å². The predicted octanol–water partition coefficient (Wildman–Crippen LogP) is 5.76. The smallest absolute Gasteiger partial charge is 0.131 e. The molecule has 0 N–H and O–H groups in total. The lowest BCUT2D eigenvalue weighted by atomic mass is 9.99. The summed E-state index contributed by atoms with van der Waals surface area (Å²) in [6, 6.07) is 21.0. The van der Waals surface area contributed by atoms with Gasteiger partial charge in [-0.2, -0.15) is 0 Å². The number of hydrogen-bond acceptors (Lipinski definition) is 1. The first-order chi connectivity index (χ1) is 10.1. The molecular formula is C19H15FS. The Morgan fingerprint density at radius 2 is 1.29 bits per heavy atom. The molecule has 0 spiro atoms. The third kappa shape index (κ3) is 3.01. The van der Waals surface area contributed by atoms with Crippen LogP contribution < -0.4 is 0 Å². The van der Waals surface area contributed by atoms with Crippen molar-refractivity contribution in [2.24, 2.45) is 0 Å². The highest BCUT2D eigenvalue weighted by Gasteiger charge is 2.07. The predicted molar refractivity (Wildman–Crippen MR) is 89.3 cm³/mol. The minimum absolute atomic E-state index is 0.202. The third-order valence-electron chi connectivity index (χ3n) is 3.53. The molecule has 0 saturated heterocycles. The van der Waals surface area contributed by atoms with Gasteiger partial charge in [0, 0.05) is 10.5 Å². The minimum atomic E-state index is -0.202. The van der Waals surface area contributed by atoms with Gasteiger partial charge in [0.25, 0.3) is 0 Å². The van der Waals surface area contributed by atoms with Crippen LogP contribution in [0.15, 0.2) is 71.6 Å². The van der Waals surface area contributed by atoms with E-state index in [9.17, 15) is 4.39 Å². The molecule has 21 heavy (non-hydrogen) atoms. The first-order valence-corrected chi connectivity index (χ1v) is 7.24. The molecule has 0 fully saturated rings. The number of halogens is 1. The van der Waals surface area contributed by atoms with Gasteiger partial charge in [-0.1, -0.05) is 54.1 Å². The molecule has 0 atom stereocenters. The molecular weight excluding hydrogens is 279 g/mol. The Bertz CT molecular complexity index is 759. The summed E-state index contributed by atoms with van der Waals surface area (Å²) in [4.78, 5) is 0.899. The van der Waals surface area contributed by atoms with Gasteiger partial charge in [-0.25, -0.2) is 4.39 Å². The maximum absolute atomic E-state index is 14.4. The SMILES string of the molecule is Cc1ccc(-c2ccc(-c3ccc(S)cc3)cc2F)cc1. The highest BCUT2D eigenvalue weighted by molar-refractivity contribution is 7.80. The zero-order valence-electron chi connectivity index (χ0n) is 11.7. The summed E-state index contributed by atoms with van der Waals surface area (Å²) in [6.07, 6.45) is 0. The Balaban J connectivity index is 1.99. The van der Waals surface area contributed by atoms with Crippen molar-refractivity contribution in [3.8, 4) is 22.3 Å². The van der Waals surface area contributed by atoms with Crippen LogP contribution in [0.3, 0.4) is 0 Å². The van der Waals surface area contributed by atoms with Crippen LogP contribution in [0, 0.1) is 12.7 Å². The van der Waals surface area contributed by atoms with Crippen LogP contribution in [-0.4, -0.2) is 0 Å². The van der Waals surface area contributed by atoms with E-state index in [1.807, 2.05) is 67.6 Å². The van der Waals surface area contributed by atoms with Crippen LogP contribution in [0.2, 0.25) is 0 Å². The number of hydrogen-bond donors (Lipinski definition) is 1. The molecule has 104 valence electrons. The Morgan fingerprint density at radius 1 is 0.714 bits per heavy atom. The van der Waals surface area contributed by atoms with Crippen LogP contribution >= 0.6 is 12.6 Å². The maximum atomic E-state index is 14.4. The topological polar surface area (TPSA) is 0 Å². The quantitative estimate of drug-likeness (QED) is 0.571. The largest absolute Gasteiger partial charge is 0.206 e. The zero-order valence-corrected chi connectivity index (χ0v) is 12.6. The van der Waals surface area contributed by atoms with Crippen molar-refractivity contribution < 1.29 is 4.39 Å². The van der Waals surface area contributed by atoms with Gasteiger partial charge >= 0.3 is 0 Å². The Labute approximate surface area is 129 Å². The van der Waals surface area contributed by atoms with Crippen molar-refractivity contribution >= 4 is 12.6 Å². The zero-order chi connectivity index (χ0) is 14.8. The average Bonchev–Trinajstić information content (AvgIpc) is 2.49. The highest BCUT2D eigenvalue weighted by atomic mass is 32.1. The molecule has 0 aliphatic rings. The van der Waals surface area contributed by atoms with Gasteiger partial charge in [0.1, 0.15) is 5.82 Å². The van der Waals surface area contributed by atoms with Crippen molar-refractivity contribution in [2.75, 3.05) is 0 Å². The van der Waals surface area contributed by atoms with Gasteiger partial charge in [0.05, 0.1) is 0 Å². The summed E-state index contributed by atoms with van der Waals surface area (Å²) in [5, 5.41) is 0. The maximum Gasteiger partial charge on any atom is 0.131 e. The lowest BCUT2D eigenvalue weighted by Crippen LogP contribution is -1.87. The van der Waals surface area contributed by atoms with E-state index >= 15 is 0 Å². The first-order valence-electron chi connectivity index (χ1n) is 6.79. The highest BCUT2D eigenvalue weighted by Crippen LogP contribution is 2.28. The van der Waals surface area contributed by atoms with Gasteiger partial charge in [-0.3, -0.25) is 0 Å². The number of benzene rings is 3. The number of rotatable bonds is 2. The fourth-order valence-electron chi connectivity index (χ4n) is 2.32. The Hall–Kier alpha value is -2.06. The molecule has 0 aliphatic heterocycles. The van der Waals surface area contributed by atoms with Crippen molar-refractivity contribution in [1.82, 2.24) is 0 Å². The molecule has 3 aromatic rings. The molecule has 2 heteroatoms. The summed E-state index contributed by atoms with van der Waals surface area (Å²) >= 11 is 4.26. The van der Waals surface area contributed by atoms with Crippen molar-refractivity contribution in [3.05, 3.63) is 78.1 Å². The number of thiol groups is 1. The van der Waals surface area contributed by atoms with E-state index in [2.05, 4.69) is 12.6 Å². The van der Waals surface area contributed by atoms with Crippen molar-refractivity contribution in [3.63, 3.8) is 0 Å². The monoisotopic (exact) mass is 294 g/mol. The second-order valence-corrected chi connectivity index (χ2v) is 5.62. The third-order valence-corrected chi connectivity index (χ3v) is 3.83. The van der Waals surface area contributed by atoms with Crippen molar-refractivity contribution in [1.29, 1.82) is 0 Å². The Kier molecular flexibility index (Phi) is 3.80. The normalized spacial score (nSPS) is 10.6. The second-order valence-electron chi connectivity index (χ2n) is 5.11. The molecule has 0 unspecified atom stereocenters. The van der Waals surface area contributed by atoms with E-state index in [1.54, 1.807) is 6.07 Å². The molecule has 0 bridgehead atoms. The fraction of sp³-hybridized carbons (Fsp3) is 0.0526. The second kappa shape index (κ2) is 5.74. The minimum Gasteiger partial charge on any atom is -0.206 e. The van der Waals surface area contributed by atoms with Crippen LogP contribution in [-0.2, 0) is 0 Å². The summed E-state index contributed by atoms with van der Waals surface area (Å²) < 4.78 is 14.4. The van der Waals surface area contributed by atoms with Gasteiger partial charge in [-0.15, -0.1) is 12.6 Å². The summed E-state index contributed by atoms with van der Waals surface area (Å²) in [5.74, 6) is -0.202. The summed E-state index contributed by atoms with van der Waals surface area (Å²) in [5.41, 5.74) is 4.56. The average molecular weight is 294 g/mol. The van der Waals surface area contributed by atoms with E-state index in [-0.39, 0.29) is 5.82 Å². The first kappa shape index (κ1) is 13.9. The van der Waals surface area contributed by atoms with Gasteiger partial charge in [0.15, 0.2) is 0 Å². The molecule has 0 aromatic heterocycles. The van der Waals surface area contributed by atoms with Crippen molar-refractivity contribution in [2.45, 2.75) is 11.8 Å². The van der Waals surface area contributed by atoms with Crippen LogP contribution in [0.1, 0.15) is 5.56 Å². The summed E-state index contributed by atoms with van der Waals surface area (Å²) in [7, 11) is 0. The molecule has 0 heterocycles. The Morgan fingerprint density at radius 3 is 1.90 bits per heavy atom. The van der Waals surface area contributed by atoms with E-state index in [0.717, 1.165) is 21.6 Å². The molecule has 0 aliphatic carbocycles. The van der Waals surface area contributed by atoms with E-state index < -0.39 is 0 Å². The van der Waals surface area contributed by atoms with E-state index in [1.165, 1.54) is 5.56 Å². The van der Waals surface area contributed by atoms with Gasteiger partial charge < -0.3 is 0 Å².